The van der Waals surface area contributed by atoms with Gasteiger partial charge in [-0.2, -0.15) is 0 Å². The number of carbonyl (C=O) groups is 2. The Morgan fingerprint density at radius 3 is 2.52 bits per heavy atom. The summed E-state index contributed by atoms with van der Waals surface area (Å²) in [5, 5.41) is 2.71. The van der Waals surface area contributed by atoms with Crippen LogP contribution in [0.5, 0.6) is 0 Å². The van der Waals surface area contributed by atoms with Crippen LogP contribution in [0.1, 0.15) is 22.8 Å². The molecule has 1 heterocycles. The van der Waals surface area contributed by atoms with Gasteiger partial charge in [-0.05, 0) is 35.9 Å². The van der Waals surface area contributed by atoms with Crippen LogP contribution in [0.15, 0.2) is 42.5 Å². The summed E-state index contributed by atoms with van der Waals surface area (Å²) in [6.07, 6.45) is 0. The zero-order valence-electron chi connectivity index (χ0n) is 14.3. The van der Waals surface area contributed by atoms with Crippen molar-refractivity contribution < 1.29 is 22.4 Å². The lowest BCUT2D eigenvalue weighted by molar-refractivity contribution is -0.119. The number of rotatable bonds is 4. The monoisotopic (exact) mass is 410 g/mol. The molecule has 3 rings (SSSR count). The number of benzene rings is 2. The molecule has 1 unspecified atom stereocenters. The van der Waals surface area contributed by atoms with Crippen molar-refractivity contribution in [1.29, 1.82) is 0 Å². The first-order valence-electron chi connectivity index (χ1n) is 8.08. The maximum Gasteiger partial charge on any atom is 0.251 e. The Bertz CT molecular complexity index is 1010. The Labute approximate surface area is 161 Å². The third-order valence-electron chi connectivity index (χ3n) is 4.15. The van der Waals surface area contributed by atoms with Gasteiger partial charge in [0, 0.05) is 12.1 Å². The number of hydrogen-bond acceptors (Lipinski definition) is 4. The molecule has 2 aromatic carbocycles. The molecule has 0 aromatic heterocycles. The Balaban J connectivity index is 1.83. The first kappa shape index (κ1) is 19.3. The van der Waals surface area contributed by atoms with E-state index in [1.165, 1.54) is 37.3 Å². The summed E-state index contributed by atoms with van der Waals surface area (Å²) in [4.78, 5) is 24.6. The minimum absolute atomic E-state index is 0.0413. The second-order valence-electron chi connectivity index (χ2n) is 6.26. The van der Waals surface area contributed by atoms with E-state index < -0.39 is 27.8 Å². The fourth-order valence-electron chi connectivity index (χ4n) is 2.76. The number of amides is 2. The van der Waals surface area contributed by atoms with Crippen molar-refractivity contribution in [2.24, 2.45) is 5.92 Å². The van der Waals surface area contributed by atoms with Crippen molar-refractivity contribution in [2.75, 3.05) is 10.1 Å². The molecule has 0 bridgehead atoms. The molecule has 27 heavy (non-hydrogen) atoms. The highest BCUT2D eigenvalue weighted by Crippen LogP contribution is 2.34. The molecule has 1 fully saturated rings. The molecular weight excluding hydrogens is 395 g/mol. The molecule has 1 aliphatic heterocycles. The van der Waals surface area contributed by atoms with Crippen molar-refractivity contribution in [3.63, 3.8) is 0 Å². The average Bonchev–Trinajstić information content (AvgIpc) is 2.82. The predicted octanol–water partition coefficient (Wildman–Crippen LogP) is 2.72. The Morgan fingerprint density at radius 1 is 1.26 bits per heavy atom. The van der Waals surface area contributed by atoms with Gasteiger partial charge in [0.2, 0.25) is 15.9 Å². The molecule has 6 nitrogen and oxygen atoms in total. The standard InChI is InChI=1S/C18H16ClFN2O4S/c1-11-10-27(25,26)22(18(11)24)16-8-13(4-7-15(16)19)17(23)21-9-12-2-5-14(20)6-3-12/h2-8,11H,9-10H2,1H3,(H,21,23). The highest BCUT2D eigenvalue weighted by atomic mass is 35.5. The van der Waals surface area contributed by atoms with E-state index in [1.807, 2.05) is 0 Å². The van der Waals surface area contributed by atoms with E-state index in [4.69, 9.17) is 11.6 Å². The minimum Gasteiger partial charge on any atom is -0.348 e. The van der Waals surface area contributed by atoms with Crippen LogP contribution in [0.4, 0.5) is 10.1 Å². The molecule has 0 spiro atoms. The summed E-state index contributed by atoms with van der Waals surface area (Å²) in [6, 6.07) is 9.73. The highest BCUT2D eigenvalue weighted by Gasteiger charge is 2.42. The van der Waals surface area contributed by atoms with Gasteiger partial charge in [-0.25, -0.2) is 17.1 Å². The summed E-state index contributed by atoms with van der Waals surface area (Å²) < 4.78 is 38.1. The molecule has 2 aromatic rings. The molecule has 2 amide bonds. The Morgan fingerprint density at radius 2 is 1.93 bits per heavy atom. The van der Waals surface area contributed by atoms with Crippen LogP contribution in [0.3, 0.4) is 0 Å². The van der Waals surface area contributed by atoms with Crippen LogP contribution in [-0.2, 0) is 21.4 Å². The third-order valence-corrected chi connectivity index (χ3v) is 6.33. The summed E-state index contributed by atoms with van der Waals surface area (Å²) in [5.74, 6) is -2.42. The van der Waals surface area contributed by atoms with Crippen LogP contribution < -0.4 is 9.62 Å². The zero-order valence-corrected chi connectivity index (χ0v) is 15.8. The van der Waals surface area contributed by atoms with Crippen molar-refractivity contribution >= 4 is 39.1 Å². The van der Waals surface area contributed by atoms with Crippen molar-refractivity contribution in [2.45, 2.75) is 13.5 Å². The maximum absolute atomic E-state index is 12.9. The number of anilines is 1. The number of sulfonamides is 1. The summed E-state index contributed by atoms with van der Waals surface area (Å²) in [7, 11) is -3.83. The maximum atomic E-state index is 12.9. The average molecular weight is 411 g/mol. The summed E-state index contributed by atoms with van der Waals surface area (Å²) in [6.45, 7) is 1.68. The topological polar surface area (TPSA) is 83.6 Å². The van der Waals surface area contributed by atoms with Crippen LogP contribution in [-0.4, -0.2) is 26.0 Å². The number of hydrogen-bond donors (Lipinski definition) is 1. The molecule has 0 aliphatic carbocycles. The quantitative estimate of drug-likeness (QED) is 0.840. The lowest BCUT2D eigenvalue weighted by atomic mass is 10.1. The van der Waals surface area contributed by atoms with Crippen molar-refractivity contribution in [1.82, 2.24) is 5.32 Å². The first-order valence-corrected chi connectivity index (χ1v) is 10.1. The fraction of sp³-hybridized carbons (Fsp3) is 0.222. The molecule has 1 atom stereocenters. The van der Waals surface area contributed by atoms with E-state index in [9.17, 15) is 22.4 Å². The molecule has 9 heteroatoms. The normalized spacial score (nSPS) is 18.6. The Hall–Kier alpha value is -2.45. The van der Waals surface area contributed by atoms with E-state index in [0.29, 0.717) is 9.87 Å². The third kappa shape index (κ3) is 3.96. The summed E-state index contributed by atoms with van der Waals surface area (Å²) >= 11 is 6.08. The van der Waals surface area contributed by atoms with E-state index >= 15 is 0 Å². The SMILES string of the molecule is CC1CS(=O)(=O)N(c2cc(C(=O)NCc3ccc(F)cc3)ccc2Cl)C1=O. The number of carbonyl (C=O) groups excluding carboxylic acids is 2. The molecular formula is C18H16ClFN2O4S. The van der Waals surface area contributed by atoms with Gasteiger partial charge < -0.3 is 5.32 Å². The van der Waals surface area contributed by atoms with E-state index in [0.717, 1.165) is 0 Å². The van der Waals surface area contributed by atoms with Crippen LogP contribution in [0.2, 0.25) is 5.02 Å². The van der Waals surface area contributed by atoms with Gasteiger partial charge in [0.1, 0.15) is 5.82 Å². The van der Waals surface area contributed by atoms with Gasteiger partial charge in [0.05, 0.1) is 22.4 Å². The van der Waals surface area contributed by atoms with Gasteiger partial charge in [-0.3, -0.25) is 9.59 Å². The minimum atomic E-state index is -3.83. The van der Waals surface area contributed by atoms with Gasteiger partial charge >= 0.3 is 0 Å². The van der Waals surface area contributed by atoms with E-state index in [1.54, 1.807) is 12.1 Å². The molecule has 1 aliphatic rings. The fourth-order valence-corrected chi connectivity index (χ4v) is 4.84. The molecule has 1 N–H and O–H groups in total. The van der Waals surface area contributed by atoms with Crippen LogP contribution in [0, 0.1) is 11.7 Å². The first-order chi connectivity index (χ1) is 12.7. The second kappa shape index (κ2) is 7.28. The lowest BCUT2D eigenvalue weighted by Gasteiger charge is -2.17. The number of halogens is 2. The Kier molecular flexibility index (Phi) is 5.21. The van der Waals surface area contributed by atoms with Crippen LogP contribution >= 0.6 is 11.6 Å². The lowest BCUT2D eigenvalue weighted by Crippen LogP contribution is -2.31. The smallest absolute Gasteiger partial charge is 0.251 e. The number of nitrogens with zero attached hydrogens (tertiary/aromatic N) is 1. The number of nitrogens with one attached hydrogen (secondary N) is 1. The summed E-state index contributed by atoms with van der Waals surface area (Å²) in [5.41, 5.74) is 0.810. The van der Waals surface area contributed by atoms with Gasteiger partial charge in [-0.1, -0.05) is 30.7 Å². The molecule has 1 saturated heterocycles. The predicted molar refractivity (Wildman–Crippen MR) is 99.5 cm³/mol. The second-order valence-corrected chi connectivity index (χ2v) is 8.53. The van der Waals surface area contributed by atoms with Gasteiger partial charge in [-0.15, -0.1) is 0 Å². The molecule has 0 radical (unpaired) electrons. The van der Waals surface area contributed by atoms with E-state index in [2.05, 4.69) is 5.32 Å². The highest BCUT2D eigenvalue weighted by molar-refractivity contribution is 7.94. The molecule has 0 saturated carbocycles. The van der Waals surface area contributed by atoms with Crippen LogP contribution in [0.25, 0.3) is 0 Å². The van der Waals surface area contributed by atoms with Gasteiger partial charge in [0.15, 0.2) is 0 Å². The van der Waals surface area contributed by atoms with Crippen molar-refractivity contribution in [3.05, 3.63) is 64.4 Å². The largest absolute Gasteiger partial charge is 0.348 e. The van der Waals surface area contributed by atoms with Gasteiger partial charge in [0.25, 0.3) is 5.91 Å². The van der Waals surface area contributed by atoms with Crippen molar-refractivity contribution in [3.8, 4) is 0 Å². The molecule has 142 valence electrons. The van der Waals surface area contributed by atoms with E-state index in [-0.39, 0.29) is 34.4 Å². The zero-order chi connectivity index (χ0) is 19.8.